The van der Waals surface area contributed by atoms with E-state index in [1.807, 2.05) is 0 Å². The molecule has 0 saturated carbocycles. The quantitative estimate of drug-likeness (QED) is 0.678. The zero-order chi connectivity index (χ0) is 15.9. The third-order valence-electron chi connectivity index (χ3n) is 3.23. The number of aromatic nitrogens is 2. The highest BCUT2D eigenvalue weighted by Gasteiger charge is 2.30. The van der Waals surface area contributed by atoms with E-state index in [-0.39, 0.29) is 28.0 Å². The van der Waals surface area contributed by atoms with Gasteiger partial charge in [0.05, 0.1) is 16.6 Å². The fourth-order valence-electron chi connectivity index (χ4n) is 2.16. The maximum absolute atomic E-state index is 12.8. The van der Waals surface area contributed by atoms with Gasteiger partial charge in [0.2, 0.25) is 0 Å². The van der Waals surface area contributed by atoms with Crippen molar-refractivity contribution >= 4 is 16.6 Å². The van der Waals surface area contributed by atoms with Crippen molar-refractivity contribution in [1.82, 2.24) is 9.97 Å². The Labute approximate surface area is 122 Å². The molecule has 4 nitrogen and oxygen atoms in total. The predicted molar refractivity (Wildman–Crippen MR) is 77.2 cm³/mol. The number of nitrogens with two attached hydrogens (primary N) is 1. The van der Waals surface area contributed by atoms with E-state index in [2.05, 4.69) is 9.97 Å². The van der Waals surface area contributed by atoms with Crippen molar-refractivity contribution in [3.63, 3.8) is 0 Å². The molecule has 22 heavy (non-hydrogen) atoms. The number of H-pyrrole nitrogens is 1. The summed E-state index contributed by atoms with van der Waals surface area (Å²) in [6, 6.07) is 9.33. The van der Waals surface area contributed by atoms with E-state index in [0.717, 1.165) is 12.1 Å². The van der Waals surface area contributed by atoms with E-state index in [1.54, 1.807) is 18.2 Å². The third kappa shape index (κ3) is 2.41. The zero-order valence-corrected chi connectivity index (χ0v) is 11.1. The average Bonchev–Trinajstić information content (AvgIpc) is 2.47. The zero-order valence-electron chi connectivity index (χ0n) is 11.1. The highest BCUT2D eigenvalue weighted by molar-refractivity contribution is 5.89. The molecule has 7 heteroatoms. The second-order valence-electron chi connectivity index (χ2n) is 4.74. The number of hydrogen-bond acceptors (Lipinski definition) is 3. The van der Waals surface area contributed by atoms with Crippen molar-refractivity contribution in [3.05, 3.63) is 58.4 Å². The highest BCUT2D eigenvalue weighted by Crippen LogP contribution is 2.31. The van der Waals surface area contributed by atoms with Crippen LogP contribution in [0.4, 0.5) is 18.9 Å². The van der Waals surface area contributed by atoms with E-state index in [4.69, 9.17) is 5.73 Å². The highest BCUT2D eigenvalue weighted by atomic mass is 19.4. The average molecular weight is 305 g/mol. The van der Waals surface area contributed by atoms with E-state index in [0.29, 0.717) is 0 Å². The van der Waals surface area contributed by atoms with Gasteiger partial charge >= 0.3 is 6.18 Å². The van der Waals surface area contributed by atoms with E-state index in [9.17, 15) is 18.0 Å². The van der Waals surface area contributed by atoms with Crippen molar-refractivity contribution in [2.24, 2.45) is 0 Å². The van der Waals surface area contributed by atoms with Gasteiger partial charge in [0.15, 0.2) is 0 Å². The van der Waals surface area contributed by atoms with E-state index >= 15 is 0 Å². The van der Waals surface area contributed by atoms with Crippen LogP contribution in [-0.4, -0.2) is 9.97 Å². The standard InChI is InChI=1S/C15H10F3N3O/c16-15(17,18)9-4-1-3-8(7-9)13-20-12-10(14(22)21-13)5-2-6-11(12)19/h1-7H,19H2,(H,20,21,22). The molecule has 112 valence electrons. The lowest BCUT2D eigenvalue weighted by atomic mass is 10.1. The number of fused-ring (bicyclic) bond motifs is 1. The third-order valence-corrected chi connectivity index (χ3v) is 3.23. The molecular weight excluding hydrogens is 295 g/mol. The fraction of sp³-hybridized carbons (Fsp3) is 0.0667. The number of benzene rings is 2. The molecule has 0 bridgehead atoms. The minimum atomic E-state index is -4.47. The second-order valence-corrected chi connectivity index (χ2v) is 4.74. The van der Waals surface area contributed by atoms with Crippen molar-refractivity contribution in [3.8, 4) is 11.4 Å². The van der Waals surface area contributed by atoms with Crippen LogP contribution in [0.5, 0.6) is 0 Å². The van der Waals surface area contributed by atoms with Crippen LogP contribution in [0.3, 0.4) is 0 Å². The van der Waals surface area contributed by atoms with Gasteiger partial charge in [0.1, 0.15) is 11.3 Å². The molecule has 3 rings (SSSR count). The van der Waals surface area contributed by atoms with Crippen LogP contribution in [0.15, 0.2) is 47.3 Å². The predicted octanol–water partition coefficient (Wildman–Crippen LogP) is 3.19. The van der Waals surface area contributed by atoms with Crippen molar-refractivity contribution in [2.45, 2.75) is 6.18 Å². The number of nitrogens with zero attached hydrogens (tertiary/aromatic N) is 1. The number of halogens is 3. The number of nitrogens with one attached hydrogen (secondary N) is 1. The number of rotatable bonds is 1. The Morgan fingerprint density at radius 3 is 2.55 bits per heavy atom. The fourth-order valence-corrected chi connectivity index (χ4v) is 2.16. The molecule has 0 amide bonds. The summed E-state index contributed by atoms with van der Waals surface area (Å²) in [7, 11) is 0. The summed E-state index contributed by atoms with van der Waals surface area (Å²) in [6.45, 7) is 0. The summed E-state index contributed by atoms with van der Waals surface area (Å²) in [5, 5.41) is 0.288. The Balaban J connectivity index is 2.23. The van der Waals surface area contributed by atoms with Gasteiger partial charge in [0, 0.05) is 5.56 Å². The first-order valence-electron chi connectivity index (χ1n) is 6.32. The molecule has 0 aliphatic heterocycles. The molecule has 0 radical (unpaired) electrons. The first-order chi connectivity index (χ1) is 10.4. The van der Waals surface area contributed by atoms with Gasteiger partial charge in [-0.05, 0) is 24.3 Å². The Kier molecular flexibility index (Phi) is 3.13. The Morgan fingerprint density at radius 1 is 1.09 bits per heavy atom. The lowest BCUT2D eigenvalue weighted by Gasteiger charge is -2.09. The molecule has 0 atom stereocenters. The molecule has 3 aromatic rings. The number of hydrogen-bond donors (Lipinski definition) is 2. The van der Waals surface area contributed by atoms with Crippen LogP contribution in [0, 0.1) is 0 Å². The molecule has 2 aromatic carbocycles. The van der Waals surface area contributed by atoms with Crippen molar-refractivity contribution in [2.75, 3.05) is 5.73 Å². The van der Waals surface area contributed by atoms with Gasteiger partial charge in [-0.2, -0.15) is 13.2 Å². The maximum atomic E-state index is 12.8. The summed E-state index contributed by atoms with van der Waals surface area (Å²) >= 11 is 0. The maximum Gasteiger partial charge on any atom is 0.416 e. The Bertz CT molecular complexity index is 916. The topological polar surface area (TPSA) is 71.8 Å². The molecule has 0 aliphatic carbocycles. The number of alkyl halides is 3. The number of anilines is 1. The first kappa shape index (κ1) is 14.1. The largest absolute Gasteiger partial charge is 0.416 e. The SMILES string of the molecule is Nc1cccc2c(=O)[nH]c(-c3cccc(C(F)(F)F)c3)nc12. The lowest BCUT2D eigenvalue weighted by Crippen LogP contribution is -2.11. The molecule has 0 fully saturated rings. The minimum absolute atomic E-state index is 0.0431. The van der Waals surface area contributed by atoms with Gasteiger partial charge in [-0.3, -0.25) is 4.79 Å². The molecule has 1 heterocycles. The molecule has 0 spiro atoms. The molecular formula is C15H10F3N3O. The van der Waals surface area contributed by atoms with E-state index in [1.165, 1.54) is 12.1 Å². The van der Waals surface area contributed by atoms with Crippen LogP contribution in [0.25, 0.3) is 22.3 Å². The van der Waals surface area contributed by atoms with Gasteiger partial charge in [-0.15, -0.1) is 0 Å². The lowest BCUT2D eigenvalue weighted by molar-refractivity contribution is -0.137. The van der Waals surface area contributed by atoms with Crippen molar-refractivity contribution in [1.29, 1.82) is 0 Å². The smallest absolute Gasteiger partial charge is 0.397 e. The molecule has 1 aromatic heterocycles. The summed E-state index contributed by atoms with van der Waals surface area (Å²) < 4.78 is 38.3. The van der Waals surface area contributed by atoms with Gasteiger partial charge < -0.3 is 10.7 Å². The van der Waals surface area contributed by atoms with E-state index < -0.39 is 17.3 Å². The van der Waals surface area contributed by atoms with Crippen LogP contribution >= 0.6 is 0 Å². The number of nitrogen functional groups attached to an aromatic ring is 1. The van der Waals surface area contributed by atoms with Crippen LogP contribution in [0.1, 0.15) is 5.56 Å². The van der Waals surface area contributed by atoms with Crippen LogP contribution in [0.2, 0.25) is 0 Å². The molecule has 3 N–H and O–H groups in total. The molecule has 0 aliphatic rings. The molecule has 0 saturated heterocycles. The van der Waals surface area contributed by atoms with Gasteiger partial charge in [-0.1, -0.05) is 18.2 Å². The normalized spacial score (nSPS) is 11.8. The van der Waals surface area contributed by atoms with Crippen LogP contribution in [-0.2, 0) is 6.18 Å². The summed E-state index contributed by atoms with van der Waals surface area (Å²) in [5.41, 5.74) is 5.23. The van der Waals surface area contributed by atoms with Crippen LogP contribution < -0.4 is 11.3 Å². The van der Waals surface area contributed by atoms with Gasteiger partial charge in [-0.25, -0.2) is 4.98 Å². The minimum Gasteiger partial charge on any atom is -0.397 e. The summed E-state index contributed by atoms with van der Waals surface area (Å²) in [4.78, 5) is 18.7. The monoisotopic (exact) mass is 305 g/mol. The van der Waals surface area contributed by atoms with Gasteiger partial charge in [0.25, 0.3) is 5.56 Å². The first-order valence-corrected chi connectivity index (χ1v) is 6.32. The number of para-hydroxylation sites is 1. The molecule has 0 unspecified atom stereocenters. The van der Waals surface area contributed by atoms with Crippen molar-refractivity contribution < 1.29 is 13.2 Å². The second kappa shape index (κ2) is 4.87. The summed E-state index contributed by atoms with van der Waals surface area (Å²) in [5.74, 6) is 0.0431. The summed E-state index contributed by atoms with van der Waals surface area (Å²) in [6.07, 6.45) is -4.47. The Hall–Kier alpha value is -2.83. The number of aromatic amines is 1. The Morgan fingerprint density at radius 2 is 1.82 bits per heavy atom.